The van der Waals surface area contributed by atoms with Crippen molar-refractivity contribution in [3.8, 4) is 0 Å². The van der Waals surface area contributed by atoms with Crippen molar-refractivity contribution >= 4 is 17.3 Å². The van der Waals surface area contributed by atoms with Crippen molar-refractivity contribution in [1.29, 1.82) is 0 Å². The second-order valence-corrected chi connectivity index (χ2v) is 6.79. The Morgan fingerprint density at radius 2 is 1.86 bits per heavy atom. The number of piperazine rings is 1. The van der Waals surface area contributed by atoms with Gasteiger partial charge in [0.1, 0.15) is 0 Å². The molecular weight excluding hydrogens is 282 g/mol. The molecule has 2 N–H and O–H groups in total. The van der Waals surface area contributed by atoms with Gasteiger partial charge in [0.2, 0.25) is 0 Å². The molecule has 2 fully saturated rings. The van der Waals surface area contributed by atoms with E-state index in [-0.39, 0.29) is 0 Å². The van der Waals surface area contributed by atoms with Crippen LogP contribution in [0.25, 0.3) is 0 Å². The minimum Gasteiger partial charge on any atom is -0.369 e. The SMILES string of the molecule is NCC1CCCCC1N1CCN(c2cccc(Cl)c2)CC1. The van der Waals surface area contributed by atoms with Gasteiger partial charge in [0.25, 0.3) is 0 Å². The zero-order valence-corrected chi connectivity index (χ0v) is 13.4. The van der Waals surface area contributed by atoms with Crippen LogP contribution in [0, 0.1) is 5.92 Å². The Morgan fingerprint density at radius 3 is 2.57 bits per heavy atom. The average molecular weight is 308 g/mol. The molecule has 1 saturated carbocycles. The van der Waals surface area contributed by atoms with Crippen LogP contribution in [-0.4, -0.2) is 43.7 Å². The van der Waals surface area contributed by atoms with Crippen LogP contribution >= 0.6 is 11.6 Å². The van der Waals surface area contributed by atoms with Crippen LogP contribution in [0.3, 0.4) is 0 Å². The summed E-state index contributed by atoms with van der Waals surface area (Å²) in [6, 6.07) is 8.92. The van der Waals surface area contributed by atoms with Crippen molar-refractivity contribution in [1.82, 2.24) is 4.90 Å². The lowest BCUT2D eigenvalue weighted by molar-refractivity contribution is 0.101. The second-order valence-electron chi connectivity index (χ2n) is 6.35. The lowest BCUT2D eigenvalue weighted by Crippen LogP contribution is -2.54. The van der Waals surface area contributed by atoms with Crippen LogP contribution in [0.4, 0.5) is 5.69 Å². The molecule has 4 heteroatoms. The lowest BCUT2D eigenvalue weighted by atomic mass is 9.83. The van der Waals surface area contributed by atoms with E-state index in [1.165, 1.54) is 31.4 Å². The predicted molar refractivity (Wildman–Crippen MR) is 90.0 cm³/mol. The van der Waals surface area contributed by atoms with Gasteiger partial charge in [-0.25, -0.2) is 0 Å². The molecule has 3 rings (SSSR count). The summed E-state index contributed by atoms with van der Waals surface area (Å²) in [5, 5.41) is 0.824. The van der Waals surface area contributed by atoms with Gasteiger partial charge >= 0.3 is 0 Å². The molecule has 1 aliphatic carbocycles. The molecule has 0 bridgehead atoms. The Kier molecular flexibility index (Phi) is 5.04. The third-order valence-corrected chi connectivity index (χ3v) is 5.36. The van der Waals surface area contributed by atoms with Crippen molar-refractivity contribution < 1.29 is 0 Å². The van der Waals surface area contributed by atoms with E-state index in [2.05, 4.69) is 21.9 Å². The van der Waals surface area contributed by atoms with Crippen molar-refractivity contribution in [2.75, 3.05) is 37.6 Å². The molecule has 1 heterocycles. The summed E-state index contributed by atoms with van der Waals surface area (Å²) in [5.74, 6) is 0.705. The molecule has 0 spiro atoms. The topological polar surface area (TPSA) is 32.5 Å². The fourth-order valence-corrected chi connectivity index (χ4v) is 4.11. The van der Waals surface area contributed by atoms with Crippen LogP contribution in [0.1, 0.15) is 25.7 Å². The van der Waals surface area contributed by atoms with E-state index >= 15 is 0 Å². The number of nitrogens with zero attached hydrogens (tertiary/aromatic N) is 2. The molecule has 0 aromatic heterocycles. The van der Waals surface area contributed by atoms with Gasteiger partial charge in [-0.05, 0) is 43.5 Å². The van der Waals surface area contributed by atoms with E-state index in [0.29, 0.717) is 12.0 Å². The summed E-state index contributed by atoms with van der Waals surface area (Å²) >= 11 is 6.10. The monoisotopic (exact) mass is 307 g/mol. The number of halogens is 1. The number of hydrogen-bond acceptors (Lipinski definition) is 3. The van der Waals surface area contributed by atoms with Crippen molar-refractivity contribution in [3.05, 3.63) is 29.3 Å². The summed E-state index contributed by atoms with van der Waals surface area (Å²) in [6.07, 6.45) is 5.38. The largest absolute Gasteiger partial charge is 0.369 e. The molecule has 1 aromatic rings. The van der Waals surface area contributed by atoms with E-state index in [1.54, 1.807) is 0 Å². The maximum Gasteiger partial charge on any atom is 0.0426 e. The quantitative estimate of drug-likeness (QED) is 0.932. The molecule has 3 nitrogen and oxygen atoms in total. The fourth-order valence-electron chi connectivity index (χ4n) is 3.93. The molecule has 2 atom stereocenters. The summed E-state index contributed by atoms with van der Waals surface area (Å²) in [6.45, 7) is 5.32. The van der Waals surface area contributed by atoms with E-state index in [0.717, 1.165) is 37.7 Å². The summed E-state index contributed by atoms with van der Waals surface area (Å²) in [7, 11) is 0. The third kappa shape index (κ3) is 3.53. The number of benzene rings is 1. The Labute approximate surface area is 133 Å². The molecule has 1 aliphatic heterocycles. The predicted octanol–water partition coefficient (Wildman–Crippen LogP) is 2.98. The number of anilines is 1. The highest BCUT2D eigenvalue weighted by molar-refractivity contribution is 6.30. The Balaban J connectivity index is 1.59. The highest BCUT2D eigenvalue weighted by Gasteiger charge is 2.31. The van der Waals surface area contributed by atoms with Gasteiger partial charge in [-0.2, -0.15) is 0 Å². The molecule has 21 heavy (non-hydrogen) atoms. The standard InChI is InChI=1S/C17H26ClN3/c18-15-5-3-6-16(12-15)20-8-10-21(11-9-20)17-7-2-1-4-14(17)13-19/h3,5-6,12,14,17H,1-2,4,7-11,13,19H2. The first-order valence-corrected chi connectivity index (χ1v) is 8.60. The first-order valence-electron chi connectivity index (χ1n) is 8.22. The van der Waals surface area contributed by atoms with Gasteiger partial charge in [-0.1, -0.05) is 30.5 Å². The fraction of sp³-hybridized carbons (Fsp3) is 0.647. The van der Waals surface area contributed by atoms with Gasteiger partial charge < -0.3 is 10.6 Å². The number of hydrogen-bond donors (Lipinski definition) is 1. The van der Waals surface area contributed by atoms with Crippen molar-refractivity contribution in [3.63, 3.8) is 0 Å². The summed E-state index contributed by atoms with van der Waals surface area (Å²) in [5.41, 5.74) is 7.23. The first kappa shape index (κ1) is 15.1. The molecule has 2 unspecified atom stereocenters. The number of rotatable bonds is 3. The van der Waals surface area contributed by atoms with Gasteiger partial charge in [-0.3, -0.25) is 4.90 Å². The maximum atomic E-state index is 6.10. The van der Waals surface area contributed by atoms with Crippen LogP contribution in [0.5, 0.6) is 0 Å². The molecule has 1 saturated heterocycles. The lowest BCUT2D eigenvalue weighted by Gasteiger charge is -2.44. The first-order chi connectivity index (χ1) is 10.3. The van der Waals surface area contributed by atoms with E-state index < -0.39 is 0 Å². The van der Waals surface area contributed by atoms with E-state index in [9.17, 15) is 0 Å². The Hall–Kier alpha value is -0.770. The third-order valence-electron chi connectivity index (χ3n) is 5.13. The highest BCUT2D eigenvalue weighted by Crippen LogP contribution is 2.29. The van der Waals surface area contributed by atoms with Gasteiger partial charge in [0.15, 0.2) is 0 Å². The molecule has 0 radical (unpaired) electrons. The molecule has 116 valence electrons. The zero-order chi connectivity index (χ0) is 14.7. The minimum absolute atomic E-state index is 0.705. The Bertz CT molecular complexity index is 457. The van der Waals surface area contributed by atoms with E-state index in [4.69, 9.17) is 17.3 Å². The second kappa shape index (κ2) is 6.99. The van der Waals surface area contributed by atoms with Crippen LogP contribution in [-0.2, 0) is 0 Å². The maximum absolute atomic E-state index is 6.10. The van der Waals surface area contributed by atoms with Gasteiger partial charge in [-0.15, -0.1) is 0 Å². The van der Waals surface area contributed by atoms with Gasteiger partial charge in [0.05, 0.1) is 0 Å². The summed E-state index contributed by atoms with van der Waals surface area (Å²) < 4.78 is 0. The van der Waals surface area contributed by atoms with Crippen LogP contribution < -0.4 is 10.6 Å². The average Bonchev–Trinajstić information content (AvgIpc) is 2.55. The van der Waals surface area contributed by atoms with Crippen LogP contribution in [0.2, 0.25) is 5.02 Å². The molecular formula is C17H26ClN3. The number of nitrogens with two attached hydrogens (primary N) is 1. The zero-order valence-electron chi connectivity index (χ0n) is 12.7. The van der Waals surface area contributed by atoms with E-state index in [1.807, 2.05) is 12.1 Å². The highest BCUT2D eigenvalue weighted by atomic mass is 35.5. The van der Waals surface area contributed by atoms with Crippen molar-refractivity contribution in [2.45, 2.75) is 31.7 Å². The molecule has 0 amide bonds. The van der Waals surface area contributed by atoms with Crippen LogP contribution in [0.15, 0.2) is 24.3 Å². The summed E-state index contributed by atoms with van der Waals surface area (Å²) in [4.78, 5) is 5.13. The Morgan fingerprint density at radius 1 is 1.10 bits per heavy atom. The minimum atomic E-state index is 0.705. The normalized spacial score (nSPS) is 27.8. The van der Waals surface area contributed by atoms with Crippen molar-refractivity contribution in [2.24, 2.45) is 11.7 Å². The molecule has 2 aliphatic rings. The molecule has 1 aromatic carbocycles. The smallest absolute Gasteiger partial charge is 0.0426 e. The van der Waals surface area contributed by atoms with Gasteiger partial charge in [0, 0.05) is 42.9 Å².